The van der Waals surface area contributed by atoms with Crippen LogP contribution in [-0.4, -0.2) is 61.6 Å². The number of ether oxygens (including phenoxy) is 3. The number of amides is 2. The summed E-state index contributed by atoms with van der Waals surface area (Å²) in [4.78, 5) is 31.9. The fraction of sp³-hybridized carbons (Fsp3) is 0.379. The molecular formula is C29H33FN2O5S. The summed E-state index contributed by atoms with van der Waals surface area (Å²) in [7, 11) is 3.04. The van der Waals surface area contributed by atoms with Crippen molar-refractivity contribution in [1.82, 2.24) is 9.80 Å². The van der Waals surface area contributed by atoms with Gasteiger partial charge in [0, 0.05) is 30.6 Å². The summed E-state index contributed by atoms with van der Waals surface area (Å²) < 4.78 is 30.1. The highest BCUT2D eigenvalue weighted by Gasteiger charge is 2.29. The zero-order valence-electron chi connectivity index (χ0n) is 21.9. The normalized spacial score (nSPS) is 14.8. The number of thiophene rings is 1. The largest absolute Gasteiger partial charge is 0.497 e. The zero-order chi connectivity index (χ0) is 27.1. The smallest absolute Gasteiger partial charge is 0.258 e. The lowest BCUT2D eigenvalue weighted by Gasteiger charge is -2.29. The number of halogens is 1. The van der Waals surface area contributed by atoms with Gasteiger partial charge in [0.05, 0.1) is 32.4 Å². The number of nitrogens with zero attached hydrogens (tertiary/aromatic N) is 2. The average Bonchev–Trinajstić information content (AvgIpc) is 3.59. The number of rotatable bonds is 11. The summed E-state index contributed by atoms with van der Waals surface area (Å²) in [6, 6.07) is 13.1. The van der Waals surface area contributed by atoms with Crippen LogP contribution in [0.4, 0.5) is 4.39 Å². The minimum atomic E-state index is -0.331. The molecule has 0 aliphatic carbocycles. The molecule has 0 saturated carbocycles. The maximum atomic E-state index is 13.8. The maximum Gasteiger partial charge on any atom is 0.258 e. The van der Waals surface area contributed by atoms with Gasteiger partial charge in [0.1, 0.15) is 23.9 Å². The quantitative estimate of drug-likeness (QED) is 0.340. The molecule has 2 amide bonds. The first-order valence-corrected chi connectivity index (χ1v) is 13.4. The molecule has 1 atom stereocenters. The summed E-state index contributed by atoms with van der Waals surface area (Å²) >= 11 is 1.58. The molecule has 38 heavy (non-hydrogen) atoms. The van der Waals surface area contributed by atoms with Crippen LogP contribution in [-0.2, 0) is 22.6 Å². The van der Waals surface area contributed by atoms with E-state index in [0.29, 0.717) is 43.3 Å². The average molecular weight is 541 g/mol. The number of carbonyl (C=O) groups excluding carboxylic acids is 2. The second-order valence-electron chi connectivity index (χ2n) is 9.29. The van der Waals surface area contributed by atoms with E-state index in [4.69, 9.17) is 14.2 Å². The minimum Gasteiger partial charge on any atom is -0.497 e. The number of benzene rings is 2. The fourth-order valence-electron chi connectivity index (χ4n) is 4.44. The second-order valence-corrected chi connectivity index (χ2v) is 10.3. The molecule has 4 rings (SSSR count). The first-order chi connectivity index (χ1) is 18.4. The van der Waals surface area contributed by atoms with Crippen LogP contribution in [0.5, 0.6) is 11.5 Å². The van der Waals surface area contributed by atoms with Crippen molar-refractivity contribution in [3.05, 3.63) is 81.3 Å². The van der Waals surface area contributed by atoms with E-state index < -0.39 is 0 Å². The van der Waals surface area contributed by atoms with Gasteiger partial charge >= 0.3 is 0 Å². The molecule has 1 unspecified atom stereocenters. The molecule has 1 aliphatic heterocycles. The molecule has 1 fully saturated rings. The molecule has 3 aromatic rings. The number of carbonyl (C=O) groups is 2. The summed E-state index contributed by atoms with van der Waals surface area (Å²) in [6.07, 6.45) is 1.60. The van der Waals surface area contributed by atoms with Crippen molar-refractivity contribution in [2.24, 2.45) is 0 Å². The van der Waals surface area contributed by atoms with E-state index in [-0.39, 0.29) is 30.3 Å². The highest BCUT2D eigenvalue weighted by atomic mass is 32.1. The Kier molecular flexibility index (Phi) is 9.36. The first-order valence-electron chi connectivity index (χ1n) is 12.6. The predicted molar refractivity (Wildman–Crippen MR) is 144 cm³/mol. The molecule has 1 aromatic heterocycles. The monoisotopic (exact) mass is 540 g/mol. The Bertz CT molecular complexity index is 1240. The summed E-state index contributed by atoms with van der Waals surface area (Å²) in [5.41, 5.74) is 2.25. The molecular weight excluding hydrogens is 507 g/mol. The van der Waals surface area contributed by atoms with Crippen LogP contribution in [0.2, 0.25) is 0 Å². The topological polar surface area (TPSA) is 68.3 Å². The fourth-order valence-corrected chi connectivity index (χ4v) is 5.36. The molecule has 2 aromatic carbocycles. The summed E-state index contributed by atoms with van der Waals surface area (Å²) in [5, 5.41) is 1.99. The van der Waals surface area contributed by atoms with Gasteiger partial charge in [-0.1, -0.05) is 12.1 Å². The highest BCUT2D eigenvalue weighted by Crippen LogP contribution is 2.27. The van der Waals surface area contributed by atoms with Gasteiger partial charge < -0.3 is 24.0 Å². The number of aryl methyl sites for hydroxylation is 1. The maximum absolute atomic E-state index is 13.8. The number of methoxy groups -OCH3 is 2. The van der Waals surface area contributed by atoms with Crippen LogP contribution < -0.4 is 9.47 Å². The van der Waals surface area contributed by atoms with E-state index in [2.05, 4.69) is 0 Å². The molecule has 0 bridgehead atoms. The molecule has 2 heterocycles. The predicted octanol–water partition coefficient (Wildman–Crippen LogP) is 5.06. The molecule has 202 valence electrons. The van der Waals surface area contributed by atoms with E-state index in [0.717, 1.165) is 28.8 Å². The van der Waals surface area contributed by atoms with Gasteiger partial charge in [-0.2, -0.15) is 0 Å². The van der Waals surface area contributed by atoms with E-state index in [1.807, 2.05) is 18.4 Å². The van der Waals surface area contributed by atoms with E-state index in [1.165, 1.54) is 19.2 Å². The molecule has 0 N–H and O–H groups in total. The molecule has 0 spiro atoms. The van der Waals surface area contributed by atoms with Crippen LogP contribution >= 0.6 is 11.3 Å². The van der Waals surface area contributed by atoms with Crippen LogP contribution in [0.25, 0.3) is 0 Å². The van der Waals surface area contributed by atoms with Gasteiger partial charge in [0.15, 0.2) is 0 Å². The van der Waals surface area contributed by atoms with Gasteiger partial charge in [-0.05, 0) is 66.6 Å². The van der Waals surface area contributed by atoms with E-state index in [9.17, 15) is 14.0 Å². The third-order valence-corrected chi connectivity index (χ3v) is 7.65. The molecule has 0 radical (unpaired) electrons. The Morgan fingerprint density at radius 2 is 1.84 bits per heavy atom. The van der Waals surface area contributed by atoms with Gasteiger partial charge in [0.2, 0.25) is 5.91 Å². The van der Waals surface area contributed by atoms with Crippen molar-refractivity contribution in [2.45, 2.75) is 39.0 Å². The third-order valence-electron chi connectivity index (χ3n) is 6.64. The molecule has 1 saturated heterocycles. The highest BCUT2D eigenvalue weighted by molar-refractivity contribution is 7.10. The van der Waals surface area contributed by atoms with Crippen molar-refractivity contribution < 1.29 is 28.2 Å². The Labute approximate surface area is 226 Å². The van der Waals surface area contributed by atoms with Crippen LogP contribution in [0.3, 0.4) is 0 Å². The van der Waals surface area contributed by atoms with Crippen molar-refractivity contribution in [3.63, 3.8) is 0 Å². The van der Waals surface area contributed by atoms with Crippen molar-refractivity contribution in [3.8, 4) is 11.5 Å². The standard InChI is InChI=1S/C29H33FN2O5S/c1-20-12-14-38-27(20)18-31(16-21-6-8-22(30)9-7-21)28(33)19-32(17-24-5-4-13-37-24)29(34)25-11-10-23(35-2)15-26(25)36-3/h6-12,14-15,24H,4-5,13,16-19H2,1-3H3. The van der Waals surface area contributed by atoms with Crippen molar-refractivity contribution >= 4 is 23.2 Å². The lowest BCUT2D eigenvalue weighted by atomic mass is 10.1. The Hall–Kier alpha value is -3.43. The Morgan fingerprint density at radius 1 is 1.05 bits per heavy atom. The second kappa shape index (κ2) is 12.9. The zero-order valence-corrected chi connectivity index (χ0v) is 22.8. The van der Waals surface area contributed by atoms with Gasteiger partial charge in [-0.3, -0.25) is 9.59 Å². The van der Waals surface area contributed by atoms with Gasteiger partial charge in [-0.15, -0.1) is 11.3 Å². The van der Waals surface area contributed by atoms with Crippen LogP contribution in [0.1, 0.15) is 39.2 Å². The summed E-state index contributed by atoms with van der Waals surface area (Å²) in [6.45, 7) is 3.51. The van der Waals surface area contributed by atoms with Gasteiger partial charge in [-0.25, -0.2) is 4.39 Å². The van der Waals surface area contributed by atoms with Crippen LogP contribution in [0, 0.1) is 12.7 Å². The third kappa shape index (κ3) is 6.90. The first kappa shape index (κ1) is 27.6. The lowest BCUT2D eigenvalue weighted by Crippen LogP contribution is -2.45. The van der Waals surface area contributed by atoms with E-state index >= 15 is 0 Å². The van der Waals surface area contributed by atoms with Crippen LogP contribution in [0.15, 0.2) is 53.9 Å². The Balaban J connectivity index is 1.60. The van der Waals surface area contributed by atoms with Crippen molar-refractivity contribution in [1.29, 1.82) is 0 Å². The lowest BCUT2D eigenvalue weighted by molar-refractivity contribution is -0.133. The minimum absolute atomic E-state index is 0.126. The van der Waals surface area contributed by atoms with Gasteiger partial charge in [0.25, 0.3) is 5.91 Å². The van der Waals surface area contributed by atoms with E-state index in [1.54, 1.807) is 58.6 Å². The SMILES string of the molecule is COc1ccc(C(=O)N(CC(=O)N(Cc2ccc(F)cc2)Cc2sccc2C)CC2CCCO2)c(OC)c1. The Morgan fingerprint density at radius 3 is 2.47 bits per heavy atom. The molecule has 1 aliphatic rings. The molecule has 9 heteroatoms. The molecule has 7 nitrogen and oxygen atoms in total. The number of hydrogen-bond donors (Lipinski definition) is 0. The number of hydrogen-bond acceptors (Lipinski definition) is 6. The van der Waals surface area contributed by atoms with Crippen molar-refractivity contribution in [2.75, 3.05) is 33.9 Å². The summed E-state index contributed by atoms with van der Waals surface area (Å²) in [5.74, 6) is 0.0827.